The molecule has 1 aliphatic rings. The average Bonchev–Trinajstić information content (AvgIpc) is 2.11. The van der Waals surface area contributed by atoms with Crippen LogP contribution in [-0.4, -0.2) is 5.78 Å². The second-order valence-electron chi connectivity index (χ2n) is 3.17. The van der Waals surface area contributed by atoms with Crippen molar-refractivity contribution in [1.29, 1.82) is 0 Å². The van der Waals surface area contributed by atoms with Gasteiger partial charge in [0, 0.05) is 6.42 Å². The van der Waals surface area contributed by atoms with E-state index in [4.69, 9.17) is 0 Å². The Bertz CT molecular complexity index is 234. The molecule has 0 bridgehead atoms. The fourth-order valence-electron chi connectivity index (χ4n) is 1.22. The minimum atomic E-state index is 0.209. The highest BCUT2D eigenvalue weighted by Gasteiger charge is 1.91. The van der Waals surface area contributed by atoms with Crippen molar-refractivity contribution in [2.75, 3.05) is 0 Å². The molecule has 0 spiro atoms. The summed E-state index contributed by atoms with van der Waals surface area (Å²) >= 11 is 0. The van der Waals surface area contributed by atoms with Crippen molar-refractivity contribution in [3.63, 3.8) is 0 Å². The van der Waals surface area contributed by atoms with Crippen LogP contribution in [0.25, 0.3) is 0 Å². The molecule has 1 rings (SSSR count). The van der Waals surface area contributed by atoms with E-state index < -0.39 is 0 Å². The van der Waals surface area contributed by atoms with Crippen LogP contribution in [0.1, 0.15) is 32.1 Å². The minimum absolute atomic E-state index is 0.209. The summed E-state index contributed by atoms with van der Waals surface area (Å²) < 4.78 is 0. The van der Waals surface area contributed by atoms with Crippen molar-refractivity contribution >= 4 is 5.78 Å². The van der Waals surface area contributed by atoms with Crippen LogP contribution >= 0.6 is 0 Å². The first-order chi connectivity index (χ1) is 6.39. The van der Waals surface area contributed by atoms with Gasteiger partial charge < -0.3 is 0 Å². The molecule has 0 radical (unpaired) electrons. The highest BCUT2D eigenvalue weighted by atomic mass is 16.1. The van der Waals surface area contributed by atoms with Crippen LogP contribution in [0.3, 0.4) is 0 Å². The van der Waals surface area contributed by atoms with Gasteiger partial charge in [-0.05, 0) is 31.8 Å². The van der Waals surface area contributed by atoms with Crippen LogP contribution in [0.4, 0.5) is 0 Å². The lowest BCUT2D eigenvalue weighted by Gasteiger charge is -1.92. The summed E-state index contributed by atoms with van der Waals surface area (Å²) in [4.78, 5) is 11.1. The van der Waals surface area contributed by atoms with Gasteiger partial charge >= 0.3 is 0 Å². The maximum atomic E-state index is 11.1. The van der Waals surface area contributed by atoms with Crippen molar-refractivity contribution in [2.24, 2.45) is 0 Å². The average molecular weight is 176 g/mol. The summed E-state index contributed by atoms with van der Waals surface area (Å²) in [7, 11) is 0. The first kappa shape index (κ1) is 9.97. The number of hydrogen-bond donors (Lipinski definition) is 0. The standard InChI is InChI=1S/C12H16O/c13-12-10-8-6-4-2-1-3-5-7-9-11-12/h1-2,7-10H,3-6,11H2. The van der Waals surface area contributed by atoms with Crippen molar-refractivity contribution < 1.29 is 4.79 Å². The van der Waals surface area contributed by atoms with E-state index in [0.717, 1.165) is 25.7 Å². The van der Waals surface area contributed by atoms with Crippen molar-refractivity contribution in [1.82, 2.24) is 0 Å². The largest absolute Gasteiger partial charge is 0.295 e. The van der Waals surface area contributed by atoms with Gasteiger partial charge in [0.2, 0.25) is 0 Å². The van der Waals surface area contributed by atoms with Gasteiger partial charge in [-0.3, -0.25) is 4.79 Å². The van der Waals surface area contributed by atoms with Crippen LogP contribution in [-0.2, 0) is 4.79 Å². The van der Waals surface area contributed by atoms with Crippen molar-refractivity contribution in [3.8, 4) is 0 Å². The fraction of sp³-hybridized carbons (Fsp3) is 0.417. The monoisotopic (exact) mass is 176 g/mol. The smallest absolute Gasteiger partial charge is 0.159 e. The van der Waals surface area contributed by atoms with Gasteiger partial charge in [0.1, 0.15) is 0 Å². The highest BCUT2D eigenvalue weighted by molar-refractivity contribution is 5.90. The Morgan fingerprint density at radius 2 is 1.31 bits per heavy atom. The zero-order valence-electron chi connectivity index (χ0n) is 7.91. The number of ketones is 1. The lowest BCUT2D eigenvalue weighted by Crippen LogP contribution is -1.88. The van der Waals surface area contributed by atoms with E-state index in [-0.39, 0.29) is 5.78 Å². The molecule has 0 saturated heterocycles. The molecule has 0 atom stereocenters. The Morgan fingerprint density at radius 3 is 2.00 bits per heavy atom. The summed E-state index contributed by atoms with van der Waals surface area (Å²) in [6.07, 6.45) is 16.8. The Hall–Kier alpha value is -1.11. The van der Waals surface area contributed by atoms with Gasteiger partial charge in [-0.15, -0.1) is 0 Å². The predicted molar refractivity (Wildman–Crippen MR) is 55.5 cm³/mol. The number of allylic oxidation sites excluding steroid dienone is 6. The fourth-order valence-corrected chi connectivity index (χ4v) is 1.22. The molecule has 1 heteroatoms. The van der Waals surface area contributed by atoms with Gasteiger partial charge in [0.05, 0.1) is 0 Å². The SMILES string of the molecule is O=C1C=CCCC=CCCC=CC1. The van der Waals surface area contributed by atoms with E-state index in [1.165, 1.54) is 0 Å². The maximum Gasteiger partial charge on any atom is 0.159 e. The first-order valence-corrected chi connectivity index (χ1v) is 4.89. The Kier molecular flexibility index (Phi) is 4.92. The molecule has 0 N–H and O–H groups in total. The van der Waals surface area contributed by atoms with Gasteiger partial charge in [-0.25, -0.2) is 0 Å². The number of hydrogen-bond acceptors (Lipinski definition) is 1. The second-order valence-corrected chi connectivity index (χ2v) is 3.17. The molecule has 0 saturated carbocycles. The molecule has 0 fully saturated rings. The van der Waals surface area contributed by atoms with E-state index in [1.54, 1.807) is 6.08 Å². The van der Waals surface area contributed by atoms with E-state index in [2.05, 4.69) is 18.2 Å². The van der Waals surface area contributed by atoms with Crippen LogP contribution in [0.5, 0.6) is 0 Å². The number of carbonyl (C=O) groups is 1. The van der Waals surface area contributed by atoms with Crippen LogP contribution in [0.15, 0.2) is 36.5 Å². The summed E-state index contributed by atoms with van der Waals surface area (Å²) in [6, 6.07) is 0. The molecular formula is C12H16O. The summed E-state index contributed by atoms with van der Waals surface area (Å²) in [5.41, 5.74) is 0. The molecule has 0 unspecified atom stereocenters. The Labute approximate surface area is 79.8 Å². The minimum Gasteiger partial charge on any atom is -0.295 e. The normalized spacial score (nSPS) is 19.5. The van der Waals surface area contributed by atoms with E-state index in [9.17, 15) is 4.79 Å². The maximum absolute atomic E-state index is 11.1. The number of carbonyl (C=O) groups excluding carboxylic acids is 1. The van der Waals surface area contributed by atoms with Gasteiger partial charge in [0.25, 0.3) is 0 Å². The van der Waals surface area contributed by atoms with Gasteiger partial charge in [0.15, 0.2) is 5.78 Å². The lowest BCUT2D eigenvalue weighted by molar-refractivity contribution is -0.113. The molecular weight excluding hydrogens is 160 g/mol. The Balaban J connectivity index is 2.46. The first-order valence-electron chi connectivity index (χ1n) is 4.89. The van der Waals surface area contributed by atoms with Crippen LogP contribution in [0, 0.1) is 0 Å². The molecule has 0 amide bonds. The van der Waals surface area contributed by atoms with Crippen molar-refractivity contribution in [2.45, 2.75) is 32.1 Å². The summed E-state index contributed by atoms with van der Waals surface area (Å²) in [5.74, 6) is 0.209. The summed E-state index contributed by atoms with van der Waals surface area (Å²) in [5, 5.41) is 0. The van der Waals surface area contributed by atoms with Gasteiger partial charge in [-0.1, -0.05) is 30.4 Å². The van der Waals surface area contributed by atoms with E-state index >= 15 is 0 Å². The molecule has 0 aromatic heterocycles. The summed E-state index contributed by atoms with van der Waals surface area (Å²) in [6.45, 7) is 0. The van der Waals surface area contributed by atoms with E-state index in [0.29, 0.717) is 6.42 Å². The molecule has 0 heterocycles. The molecule has 1 aliphatic carbocycles. The predicted octanol–water partition coefficient (Wildman–Crippen LogP) is 3.19. The molecule has 13 heavy (non-hydrogen) atoms. The van der Waals surface area contributed by atoms with E-state index in [1.807, 2.05) is 12.2 Å². The topological polar surface area (TPSA) is 17.1 Å². The molecule has 0 aliphatic heterocycles. The molecule has 0 aromatic rings. The quantitative estimate of drug-likeness (QED) is 0.518. The van der Waals surface area contributed by atoms with Crippen molar-refractivity contribution in [3.05, 3.63) is 36.5 Å². The second kappa shape index (κ2) is 6.41. The van der Waals surface area contributed by atoms with Crippen LogP contribution in [0.2, 0.25) is 0 Å². The third-order valence-corrected chi connectivity index (χ3v) is 1.96. The number of rotatable bonds is 0. The molecule has 0 aromatic carbocycles. The highest BCUT2D eigenvalue weighted by Crippen LogP contribution is 2.01. The third kappa shape index (κ3) is 5.18. The Morgan fingerprint density at radius 1 is 0.769 bits per heavy atom. The lowest BCUT2D eigenvalue weighted by atomic mass is 10.1. The third-order valence-electron chi connectivity index (χ3n) is 1.96. The zero-order valence-corrected chi connectivity index (χ0v) is 7.91. The molecule has 1 nitrogen and oxygen atoms in total. The zero-order chi connectivity index (χ0) is 9.36. The van der Waals surface area contributed by atoms with Gasteiger partial charge in [-0.2, -0.15) is 0 Å². The molecule has 70 valence electrons. The van der Waals surface area contributed by atoms with Crippen LogP contribution < -0.4 is 0 Å².